The normalized spacial score (nSPS) is 10.3. The van der Waals surface area contributed by atoms with Crippen molar-refractivity contribution in [2.24, 2.45) is 0 Å². The molecule has 0 aliphatic heterocycles. The van der Waals surface area contributed by atoms with E-state index in [1.54, 1.807) is 11.1 Å². The summed E-state index contributed by atoms with van der Waals surface area (Å²) in [7, 11) is 0. The van der Waals surface area contributed by atoms with E-state index in [1.807, 2.05) is 32.0 Å². The lowest BCUT2D eigenvalue weighted by atomic mass is 10.3. The molecule has 1 N–H and O–H groups in total. The number of carbonyl (C=O) groups excluding carboxylic acids is 2. The zero-order valence-electron chi connectivity index (χ0n) is 11.7. The molecule has 2 amide bonds. The lowest BCUT2D eigenvalue weighted by Crippen LogP contribution is -2.35. The highest BCUT2D eigenvalue weighted by Gasteiger charge is 2.12. The van der Waals surface area contributed by atoms with Crippen LogP contribution in [0, 0.1) is 0 Å². The van der Waals surface area contributed by atoms with Gasteiger partial charge in [0.05, 0.1) is 12.2 Å². The topological polar surface area (TPSA) is 62.3 Å². The Balaban J connectivity index is 2.50. The van der Waals surface area contributed by atoms with Crippen molar-refractivity contribution in [2.45, 2.75) is 39.8 Å². The third-order valence-electron chi connectivity index (χ3n) is 2.58. The summed E-state index contributed by atoms with van der Waals surface area (Å²) in [6.45, 7) is 6.17. The fourth-order valence-corrected chi connectivity index (χ4v) is 1.67. The van der Waals surface area contributed by atoms with Crippen LogP contribution < -0.4 is 5.32 Å². The third kappa shape index (κ3) is 5.99. The molecule has 0 spiro atoms. The molecule has 0 aromatic carbocycles. The van der Waals surface area contributed by atoms with Crippen LogP contribution in [-0.4, -0.2) is 34.3 Å². The van der Waals surface area contributed by atoms with Crippen molar-refractivity contribution in [1.29, 1.82) is 0 Å². The van der Waals surface area contributed by atoms with Crippen LogP contribution >= 0.6 is 0 Å². The fourth-order valence-electron chi connectivity index (χ4n) is 1.67. The highest BCUT2D eigenvalue weighted by atomic mass is 16.2. The van der Waals surface area contributed by atoms with Gasteiger partial charge in [-0.05, 0) is 26.0 Å². The monoisotopic (exact) mass is 263 g/mol. The van der Waals surface area contributed by atoms with Gasteiger partial charge in [-0.15, -0.1) is 0 Å². The van der Waals surface area contributed by atoms with E-state index < -0.39 is 0 Å². The molecular weight excluding hydrogens is 242 g/mol. The Labute approximate surface area is 114 Å². The predicted molar refractivity (Wildman–Crippen MR) is 73.2 cm³/mol. The second-order valence-electron chi connectivity index (χ2n) is 4.73. The summed E-state index contributed by atoms with van der Waals surface area (Å²) in [6.07, 6.45) is 2.00. The molecule has 0 unspecified atom stereocenters. The average Bonchev–Trinajstić information content (AvgIpc) is 2.34. The third-order valence-corrected chi connectivity index (χ3v) is 2.58. The minimum atomic E-state index is -0.0528. The molecule has 1 aromatic heterocycles. The Morgan fingerprint density at radius 2 is 2.11 bits per heavy atom. The molecule has 0 bridgehead atoms. The van der Waals surface area contributed by atoms with Crippen LogP contribution in [0.25, 0.3) is 0 Å². The Bertz CT molecular complexity index is 418. The molecule has 0 aliphatic rings. The van der Waals surface area contributed by atoms with Crippen LogP contribution in [0.4, 0.5) is 0 Å². The molecule has 0 saturated carbocycles. The number of rotatable bonds is 6. The summed E-state index contributed by atoms with van der Waals surface area (Å²) < 4.78 is 0. The smallest absolute Gasteiger partial charge is 0.221 e. The lowest BCUT2D eigenvalue weighted by Gasteiger charge is -2.20. The second-order valence-corrected chi connectivity index (χ2v) is 4.73. The molecule has 5 nitrogen and oxygen atoms in total. The highest BCUT2D eigenvalue weighted by Crippen LogP contribution is 2.02. The van der Waals surface area contributed by atoms with Crippen molar-refractivity contribution in [1.82, 2.24) is 15.2 Å². The minimum absolute atomic E-state index is 0.0396. The van der Waals surface area contributed by atoms with Crippen molar-refractivity contribution in [2.75, 3.05) is 6.54 Å². The number of hydrogen-bond acceptors (Lipinski definition) is 3. The van der Waals surface area contributed by atoms with E-state index in [0.29, 0.717) is 19.5 Å². The van der Waals surface area contributed by atoms with Crippen molar-refractivity contribution in [3.05, 3.63) is 30.1 Å². The van der Waals surface area contributed by atoms with E-state index in [4.69, 9.17) is 0 Å². The molecule has 5 heteroatoms. The van der Waals surface area contributed by atoms with Gasteiger partial charge in [-0.3, -0.25) is 14.6 Å². The van der Waals surface area contributed by atoms with E-state index in [9.17, 15) is 9.59 Å². The van der Waals surface area contributed by atoms with Gasteiger partial charge in [0.25, 0.3) is 0 Å². The predicted octanol–water partition coefficient (Wildman–Crippen LogP) is 1.34. The number of aromatic nitrogens is 1. The molecule has 104 valence electrons. The first-order valence-corrected chi connectivity index (χ1v) is 6.44. The van der Waals surface area contributed by atoms with Crippen LogP contribution in [-0.2, 0) is 16.1 Å². The summed E-state index contributed by atoms with van der Waals surface area (Å²) in [6, 6.07) is 5.70. The molecular formula is C14H21N3O2. The standard InChI is InChI=1S/C14H21N3O2/c1-11(2)16-14(19)7-9-17(12(3)18)10-13-6-4-5-8-15-13/h4-6,8,11H,7,9-10H2,1-3H3,(H,16,19). The molecule has 1 heterocycles. The Hall–Kier alpha value is -1.91. The van der Waals surface area contributed by atoms with Gasteiger partial charge >= 0.3 is 0 Å². The number of hydrogen-bond donors (Lipinski definition) is 1. The van der Waals surface area contributed by atoms with Crippen molar-refractivity contribution in [3.8, 4) is 0 Å². The first-order chi connectivity index (χ1) is 8.99. The molecule has 19 heavy (non-hydrogen) atoms. The summed E-state index contributed by atoms with van der Waals surface area (Å²) in [4.78, 5) is 28.9. The van der Waals surface area contributed by atoms with Gasteiger partial charge in [-0.25, -0.2) is 0 Å². The van der Waals surface area contributed by atoms with Gasteiger partial charge in [0.2, 0.25) is 11.8 Å². The van der Waals surface area contributed by atoms with Gasteiger partial charge in [0.1, 0.15) is 0 Å². The van der Waals surface area contributed by atoms with E-state index in [2.05, 4.69) is 10.3 Å². The zero-order chi connectivity index (χ0) is 14.3. The van der Waals surface area contributed by atoms with Crippen LogP contribution in [0.15, 0.2) is 24.4 Å². The van der Waals surface area contributed by atoms with Crippen molar-refractivity contribution in [3.63, 3.8) is 0 Å². The summed E-state index contributed by atoms with van der Waals surface area (Å²) in [5.41, 5.74) is 0.821. The van der Waals surface area contributed by atoms with Gasteiger partial charge in [-0.1, -0.05) is 6.07 Å². The zero-order valence-corrected chi connectivity index (χ0v) is 11.7. The molecule has 0 saturated heterocycles. The number of nitrogens with one attached hydrogen (secondary N) is 1. The van der Waals surface area contributed by atoms with Gasteiger partial charge < -0.3 is 10.2 Å². The lowest BCUT2D eigenvalue weighted by molar-refractivity contribution is -0.130. The van der Waals surface area contributed by atoms with Crippen LogP contribution in [0.5, 0.6) is 0 Å². The van der Waals surface area contributed by atoms with Crippen molar-refractivity contribution < 1.29 is 9.59 Å². The van der Waals surface area contributed by atoms with E-state index in [-0.39, 0.29) is 17.9 Å². The summed E-state index contributed by atoms with van der Waals surface area (Å²) >= 11 is 0. The number of amides is 2. The average molecular weight is 263 g/mol. The van der Waals surface area contributed by atoms with Crippen LogP contribution in [0.3, 0.4) is 0 Å². The largest absolute Gasteiger partial charge is 0.354 e. The first kappa shape index (κ1) is 15.1. The van der Waals surface area contributed by atoms with Crippen molar-refractivity contribution >= 4 is 11.8 Å². The van der Waals surface area contributed by atoms with E-state index in [1.165, 1.54) is 6.92 Å². The Kier molecular flexibility index (Phi) is 5.99. The number of pyridine rings is 1. The molecule has 1 rings (SSSR count). The Morgan fingerprint density at radius 1 is 1.37 bits per heavy atom. The molecule has 0 radical (unpaired) electrons. The fraction of sp³-hybridized carbons (Fsp3) is 0.500. The number of nitrogens with zero attached hydrogens (tertiary/aromatic N) is 2. The van der Waals surface area contributed by atoms with Gasteiger partial charge in [-0.2, -0.15) is 0 Å². The molecule has 1 aromatic rings. The summed E-state index contributed by atoms with van der Waals surface area (Å²) in [5.74, 6) is -0.0923. The number of carbonyl (C=O) groups is 2. The highest BCUT2D eigenvalue weighted by molar-refractivity contribution is 5.78. The Morgan fingerprint density at radius 3 is 2.63 bits per heavy atom. The van der Waals surface area contributed by atoms with E-state index >= 15 is 0 Å². The maximum absolute atomic E-state index is 11.6. The second kappa shape index (κ2) is 7.51. The van der Waals surface area contributed by atoms with Gasteiger partial charge in [0.15, 0.2) is 0 Å². The summed E-state index contributed by atoms with van der Waals surface area (Å²) in [5, 5.41) is 2.81. The van der Waals surface area contributed by atoms with Crippen LogP contribution in [0.1, 0.15) is 32.9 Å². The first-order valence-electron chi connectivity index (χ1n) is 6.44. The maximum Gasteiger partial charge on any atom is 0.221 e. The minimum Gasteiger partial charge on any atom is -0.354 e. The molecule has 0 atom stereocenters. The SMILES string of the molecule is CC(=O)N(CCC(=O)NC(C)C)Cc1ccccn1. The van der Waals surface area contributed by atoms with Crippen LogP contribution in [0.2, 0.25) is 0 Å². The van der Waals surface area contributed by atoms with E-state index in [0.717, 1.165) is 5.69 Å². The maximum atomic E-state index is 11.6. The quantitative estimate of drug-likeness (QED) is 0.842. The van der Waals surface area contributed by atoms with Gasteiger partial charge in [0, 0.05) is 32.1 Å². The molecule has 0 fully saturated rings. The molecule has 0 aliphatic carbocycles.